The lowest BCUT2D eigenvalue weighted by Gasteiger charge is -2.17. The lowest BCUT2D eigenvalue weighted by atomic mass is 10.2. The third-order valence-electron chi connectivity index (χ3n) is 2.86. The number of benzene rings is 1. The molecule has 4 N–H and O–H groups in total. The molecule has 0 spiro atoms. The molecule has 0 aliphatic rings. The monoisotopic (exact) mass is 251 g/mol. The van der Waals surface area contributed by atoms with E-state index in [0.717, 1.165) is 19.6 Å². The van der Waals surface area contributed by atoms with E-state index in [4.69, 9.17) is 16.2 Å². The summed E-state index contributed by atoms with van der Waals surface area (Å²) in [5.41, 5.74) is 12.5. The Hall–Kier alpha value is -1.75. The smallest absolute Gasteiger partial charge is 0.338 e. The van der Waals surface area contributed by atoms with Crippen LogP contribution in [0.15, 0.2) is 18.2 Å². The maximum Gasteiger partial charge on any atom is 0.338 e. The van der Waals surface area contributed by atoms with Gasteiger partial charge in [-0.25, -0.2) is 4.79 Å². The first kappa shape index (κ1) is 14.3. The molecule has 1 rings (SSSR count). The molecule has 5 heteroatoms. The summed E-state index contributed by atoms with van der Waals surface area (Å²) in [5, 5.41) is 0. The third-order valence-corrected chi connectivity index (χ3v) is 2.86. The highest BCUT2D eigenvalue weighted by molar-refractivity contribution is 5.91. The first-order valence-corrected chi connectivity index (χ1v) is 6.13. The van der Waals surface area contributed by atoms with E-state index in [9.17, 15) is 4.79 Å². The van der Waals surface area contributed by atoms with Crippen LogP contribution < -0.4 is 11.5 Å². The van der Waals surface area contributed by atoms with Gasteiger partial charge in [-0.1, -0.05) is 13.8 Å². The quantitative estimate of drug-likeness (QED) is 0.589. The van der Waals surface area contributed by atoms with Crippen molar-refractivity contribution in [2.45, 2.75) is 13.8 Å². The molecule has 0 heterocycles. The summed E-state index contributed by atoms with van der Waals surface area (Å²) in [6.07, 6.45) is 0. The predicted molar refractivity (Wildman–Crippen MR) is 73.3 cm³/mol. The maximum atomic E-state index is 11.7. The van der Waals surface area contributed by atoms with E-state index in [-0.39, 0.29) is 5.97 Å². The number of nitrogen functional groups attached to an aromatic ring is 2. The van der Waals surface area contributed by atoms with Gasteiger partial charge in [0.25, 0.3) is 0 Å². The fraction of sp³-hybridized carbons (Fsp3) is 0.462. The molecule has 0 amide bonds. The Labute approximate surface area is 108 Å². The molecule has 0 aliphatic heterocycles. The Kier molecular flexibility index (Phi) is 5.45. The Morgan fingerprint density at radius 1 is 1.22 bits per heavy atom. The molecule has 100 valence electrons. The molecule has 0 radical (unpaired) electrons. The number of likely N-dealkylation sites (N-methyl/N-ethyl adjacent to an activating group) is 1. The SMILES string of the molecule is CCN(CC)CCOC(=O)c1ccc(N)c(N)c1. The zero-order valence-corrected chi connectivity index (χ0v) is 11.0. The van der Waals surface area contributed by atoms with Crippen molar-refractivity contribution < 1.29 is 9.53 Å². The molecule has 0 unspecified atom stereocenters. The number of hydrogen-bond acceptors (Lipinski definition) is 5. The lowest BCUT2D eigenvalue weighted by molar-refractivity contribution is 0.0466. The number of nitrogens with two attached hydrogens (primary N) is 2. The van der Waals surface area contributed by atoms with Gasteiger partial charge in [-0.05, 0) is 31.3 Å². The standard InChI is InChI=1S/C13H21N3O2/c1-3-16(4-2)7-8-18-13(17)10-5-6-11(14)12(15)9-10/h5-6,9H,3-4,7-8,14-15H2,1-2H3. The highest BCUT2D eigenvalue weighted by Gasteiger charge is 2.09. The van der Waals surface area contributed by atoms with Crippen molar-refractivity contribution in [2.75, 3.05) is 37.7 Å². The number of anilines is 2. The van der Waals surface area contributed by atoms with Gasteiger partial charge < -0.3 is 21.1 Å². The number of rotatable bonds is 6. The van der Waals surface area contributed by atoms with Crippen molar-refractivity contribution in [1.82, 2.24) is 4.90 Å². The fourth-order valence-electron chi connectivity index (χ4n) is 1.59. The first-order chi connectivity index (χ1) is 8.58. The molecule has 0 bridgehead atoms. The minimum absolute atomic E-state index is 0.367. The Morgan fingerprint density at radius 2 is 1.89 bits per heavy atom. The van der Waals surface area contributed by atoms with Crippen LogP contribution in [0, 0.1) is 0 Å². The highest BCUT2D eigenvalue weighted by atomic mass is 16.5. The van der Waals surface area contributed by atoms with E-state index in [1.165, 1.54) is 6.07 Å². The molecule has 1 aromatic rings. The van der Waals surface area contributed by atoms with Crippen LogP contribution in [0.1, 0.15) is 24.2 Å². The molecular formula is C13H21N3O2. The van der Waals surface area contributed by atoms with Crippen molar-refractivity contribution in [3.63, 3.8) is 0 Å². The molecule has 0 atom stereocenters. The van der Waals surface area contributed by atoms with Crippen molar-refractivity contribution >= 4 is 17.3 Å². The van der Waals surface area contributed by atoms with Gasteiger partial charge in [0, 0.05) is 6.54 Å². The summed E-state index contributed by atoms with van der Waals surface area (Å²) in [6.45, 7) is 7.16. The zero-order chi connectivity index (χ0) is 13.5. The molecular weight excluding hydrogens is 230 g/mol. The van der Waals surface area contributed by atoms with Crippen LogP contribution in [0.25, 0.3) is 0 Å². The Balaban J connectivity index is 2.48. The van der Waals surface area contributed by atoms with Gasteiger partial charge in [0.05, 0.1) is 16.9 Å². The second kappa shape index (κ2) is 6.86. The number of ether oxygens (including phenoxy) is 1. The normalized spacial score (nSPS) is 10.6. The van der Waals surface area contributed by atoms with Crippen LogP contribution >= 0.6 is 0 Å². The van der Waals surface area contributed by atoms with Gasteiger partial charge in [-0.2, -0.15) is 0 Å². The number of carbonyl (C=O) groups excluding carboxylic acids is 1. The summed E-state index contributed by atoms with van der Waals surface area (Å²) in [4.78, 5) is 13.9. The van der Waals surface area contributed by atoms with Crippen LogP contribution in [0.5, 0.6) is 0 Å². The van der Waals surface area contributed by atoms with E-state index in [0.29, 0.717) is 23.5 Å². The van der Waals surface area contributed by atoms with Gasteiger partial charge in [-0.3, -0.25) is 0 Å². The Bertz CT molecular complexity index is 403. The van der Waals surface area contributed by atoms with E-state index in [1.54, 1.807) is 12.1 Å². The second-order valence-electron chi connectivity index (χ2n) is 4.01. The molecule has 0 saturated carbocycles. The maximum absolute atomic E-state index is 11.7. The van der Waals surface area contributed by atoms with Crippen molar-refractivity contribution in [2.24, 2.45) is 0 Å². The van der Waals surface area contributed by atoms with Crippen LogP contribution in [-0.4, -0.2) is 37.1 Å². The highest BCUT2D eigenvalue weighted by Crippen LogP contribution is 2.16. The summed E-state index contributed by atoms with van der Waals surface area (Å²) >= 11 is 0. The first-order valence-electron chi connectivity index (χ1n) is 6.13. The number of hydrogen-bond donors (Lipinski definition) is 2. The molecule has 0 aliphatic carbocycles. The predicted octanol–water partition coefficient (Wildman–Crippen LogP) is 1.35. The van der Waals surface area contributed by atoms with Crippen molar-refractivity contribution in [3.8, 4) is 0 Å². The van der Waals surface area contributed by atoms with Gasteiger partial charge in [-0.15, -0.1) is 0 Å². The average Bonchev–Trinajstić information content (AvgIpc) is 2.37. The number of carbonyl (C=O) groups is 1. The largest absolute Gasteiger partial charge is 0.461 e. The molecule has 1 aromatic carbocycles. The molecule has 0 aromatic heterocycles. The van der Waals surface area contributed by atoms with Gasteiger partial charge in [0.1, 0.15) is 6.61 Å². The summed E-state index contributed by atoms with van der Waals surface area (Å²) in [5.74, 6) is -0.367. The lowest BCUT2D eigenvalue weighted by Crippen LogP contribution is -2.27. The fourth-order valence-corrected chi connectivity index (χ4v) is 1.59. The number of esters is 1. The Morgan fingerprint density at radius 3 is 2.44 bits per heavy atom. The van der Waals surface area contributed by atoms with E-state index >= 15 is 0 Å². The van der Waals surface area contributed by atoms with Crippen LogP contribution in [0.3, 0.4) is 0 Å². The van der Waals surface area contributed by atoms with Crippen LogP contribution in [-0.2, 0) is 4.74 Å². The van der Waals surface area contributed by atoms with Crippen molar-refractivity contribution in [1.29, 1.82) is 0 Å². The molecule has 18 heavy (non-hydrogen) atoms. The minimum atomic E-state index is -0.367. The van der Waals surface area contributed by atoms with E-state index in [2.05, 4.69) is 18.7 Å². The summed E-state index contributed by atoms with van der Waals surface area (Å²) in [6, 6.07) is 4.76. The van der Waals surface area contributed by atoms with Crippen LogP contribution in [0.2, 0.25) is 0 Å². The van der Waals surface area contributed by atoms with Crippen LogP contribution in [0.4, 0.5) is 11.4 Å². The van der Waals surface area contributed by atoms with Gasteiger partial charge >= 0.3 is 5.97 Å². The van der Waals surface area contributed by atoms with E-state index < -0.39 is 0 Å². The zero-order valence-electron chi connectivity index (χ0n) is 11.0. The van der Waals surface area contributed by atoms with Crippen molar-refractivity contribution in [3.05, 3.63) is 23.8 Å². The molecule has 0 fully saturated rings. The van der Waals surface area contributed by atoms with Gasteiger partial charge in [0.15, 0.2) is 0 Å². The average molecular weight is 251 g/mol. The molecule has 5 nitrogen and oxygen atoms in total. The minimum Gasteiger partial charge on any atom is -0.461 e. The van der Waals surface area contributed by atoms with E-state index in [1.807, 2.05) is 0 Å². The number of nitrogens with zero attached hydrogens (tertiary/aromatic N) is 1. The third kappa shape index (κ3) is 3.92. The summed E-state index contributed by atoms with van der Waals surface area (Å²) < 4.78 is 5.18. The van der Waals surface area contributed by atoms with Gasteiger partial charge in [0.2, 0.25) is 0 Å². The molecule has 0 saturated heterocycles. The second-order valence-corrected chi connectivity index (χ2v) is 4.01. The summed E-state index contributed by atoms with van der Waals surface area (Å²) in [7, 11) is 0. The topological polar surface area (TPSA) is 81.6 Å².